The molecule has 3 atom stereocenters. The number of anilines is 1. The molecule has 3 aromatic rings. The highest BCUT2D eigenvalue weighted by atomic mass is 16.5. The number of likely N-dealkylation sites (N-methyl/N-ethyl adjacent to an activating group) is 1. The Labute approximate surface area is 247 Å². The summed E-state index contributed by atoms with van der Waals surface area (Å²) in [5.74, 6) is 1.18. The Bertz CT molecular complexity index is 1530. The number of benzene rings is 2. The van der Waals surface area contributed by atoms with Crippen molar-refractivity contribution >= 4 is 22.5 Å². The monoisotopic (exact) mass is 566 g/mol. The summed E-state index contributed by atoms with van der Waals surface area (Å²) < 4.78 is 12.9. The smallest absolute Gasteiger partial charge is 0.321 e. The van der Waals surface area contributed by atoms with Gasteiger partial charge in [-0.2, -0.15) is 15.2 Å². The Hall–Kier alpha value is -4.16. The Morgan fingerprint density at radius 1 is 1.17 bits per heavy atom. The molecule has 0 radical (unpaired) electrons. The molecule has 0 N–H and O–H groups in total. The maximum atomic E-state index is 12.5. The van der Waals surface area contributed by atoms with Gasteiger partial charge >= 0.3 is 6.01 Å². The molecule has 0 aliphatic carbocycles. The molecule has 0 saturated carbocycles. The molecule has 2 saturated heterocycles. The molecule has 3 aliphatic rings. The van der Waals surface area contributed by atoms with E-state index >= 15 is 0 Å². The average molecular weight is 567 g/mol. The number of rotatable bonds is 7. The average Bonchev–Trinajstić information content (AvgIpc) is 3.43. The standard InChI is InChI=1S/C33H38N6O3/c1-4-29(40)39-19-18-38(20-24(39)15-16-34)31-27-13-14-28(26-12-6-10-23-9-5-8-22(2)30(23)26)42-32(27)36-33(35-31)41-21-25-11-7-17-37(25)3/h4-6,8-10,12,24-25,28H,1,7,11,13-15,17-21H2,2-3H3/t24-,25?,28?/m0/s1. The number of aryl methyl sites for hydroxylation is 1. The molecule has 218 valence electrons. The summed E-state index contributed by atoms with van der Waals surface area (Å²) in [6, 6.07) is 15.4. The van der Waals surface area contributed by atoms with Crippen LogP contribution in [0.25, 0.3) is 10.8 Å². The van der Waals surface area contributed by atoms with E-state index in [4.69, 9.17) is 19.4 Å². The van der Waals surface area contributed by atoms with Gasteiger partial charge in [0, 0.05) is 31.2 Å². The molecule has 1 aromatic heterocycles. The predicted molar refractivity (Wildman–Crippen MR) is 162 cm³/mol. The zero-order valence-corrected chi connectivity index (χ0v) is 24.5. The van der Waals surface area contributed by atoms with Gasteiger partial charge in [0.15, 0.2) is 0 Å². The molecule has 2 aromatic carbocycles. The summed E-state index contributed by atoms with van der Waals surface area (Å²) in [4.78, 5) is 28.5. The van der Waals surface area contributed by atoms with Crippen LogP contribution in [-0.2, 0) is 11.2 Å². The summed E-state index contributed by atoms with van der Waals surface area (Å²) >= 11 is 0. The molecule has 9 heteroatoms. The lowest BCUT2D eigenvalue weighted by Crippen LogP contribution is -2.55. The van der Waals surface area contributed by atoms with Crippen LogP contribution in [0.2, 0.25) is 0 Å². The van der Waals surface area contributed by atoms with Crippen LogP contribution < -0.4 is 14.4 Å². The first-order valence-electron chi connectivity index (χ1n) is 14.9. The maximum absolute atomic E-state index is 12.5. The van der Waals surface area contributed by atoms with E-state index in [0.717, 1.165) is 49.2 Å². The Morgan fingerprint density at radius 2 is 2.00 bits per heavy atom. The van der Waals surface area contributed by atoms with Crippen molar-refractivity contribution in [3.05, 3.63) is 65.7 Å². The van der Waals surface area contributed by atoms with Crippen LogP contribution in [0.4, 0.5) is 5.82 Å². The number of aromatic nitrogens is 2. The minimum Gasteiger partial charge on any atom is -0.469 e. The number of hydrogen-bond donors (Lipinski definition) is 0. The lowest BCUT2D eigenvalue weighted by molar-refractivity contribution is -0.128. The number of likely N-dealkylation sites (tertiary alicyclic amines) is 1. The summed E-state index contributed by atoms with van der Waals surface area (Å²) in [6.45, 7) is 8.93. The van der Waals surface area contributed by atoms with Crippen molar-refractivity contribution in [1.82, 2.24) is 19.8 Å². The number of nitrogens with zero attached hydrogens (tertiary/aromatic N) is 6. The zero-order valence-electron chi connectivity index (χ0n) is 24.5. The molecular formula is C33H38N6O3. The van der Waals surface area contributed by atoms with Crippen LogP contribution in [0.3, 0.4) is 0 Å². The number of amides is 1. The van der Waals surface area contributed by atoms with Gasteiger partial charge in [0.2, 0.25) is 11.8 Å². The fraction of sp³-hybridized carbons (Fsp3) is 0.455. The molecular weight excluding hydrogens is 528 g/mol. The van der Waals surface area contributed by atoms with Gasteiger partial charge in [-0.05, 0) is 68.6 Å². The molecule has 6 rings (SSSR count). The van der Waals surface area contributed by atoms with Gasteiger partial charge in [0.1, 0.15) is 18.5 Å². The number of piperazine rings is 1. The van der Waals surface area contributed by atoms with Gasteiger partial charge < -0.3 is 24.2 Å². The minimum atomic E-state index is -0.257. The van der Waals surface area contributed by atoms with E-state index in [-0.39, 0.29) is 24.5 Å². The number of ether oxygens (including phenoxy) is 2. The second-order valence-electron chi connectivity index (χ2n) is 11.6. The van der Waals surface area contributed by atoms with E-state index in [0.29, 0.717) is 44.2 Å². The van der Waals surface area contributed by atoms with Gasteiger partial charge in [-0.1, -0.05) is 43.0 Å². The first-order chi connectivity index (χ1) is 20.5. The topological polar surface area (TPSA) is 94.8 Å². The van der Waals surface area contributed by atoms with Crippen LogP contribution in [0.15, 0.2) is 49.1 Å². The van der Waals surface area contributed by atoms with E-state index in [9.17, 15) is 10.1 Å². The Balaban J connectivity index is 1.34. The quantitative estimate of drug-likeness (QED) is 0.383. The van der Waals surface area contributed by atoms with Crippen LogP contribution in [0.5, 0.6) is 11.9 Å². The summed E-state index contributed by atoms with van der Waals surface area (Å²) in [5, 5.41) is 11.9. The van der Waals surface area contributed by atoms with Crippen molar-refractivity contribution in [2.75, 3.05) is 44.7 Å². The number of hydrogen-bond acceptors (Lipinski definition) is 8. The van der Waals surface area contributed by atoms with E-state index in [1.165, 1.54) is 22.4 Å². The maximum Gasteiger partial charge on any atom is 0.321 e. The molecule has 3 aliphatic heterocycles. The number of nitriles is 1. The van der Waals surface area contributed by atoms with Crippen molar-refractivity contribution in [1.29, 1.82) is 5.26 Å². The third-order valence-corrected chi connectivity index (χ3v) is 8.97. The Kier molecular flexibility index (Phi) is 7.98. The fourth-order valence-electron chi connectivity index (χ4n) is 6.69. The SMILES string of the molecule is C=CC(=O)N1CCN(c2nc(OCC3CCCN3C)nc3c2CCC(c2cccc4cccc(C)c24)O3)C[C@@H]1CC#N. The van der Waals surface area contributed by atoms with Gasteiger partial charge in [-0.3, -0.25) is 4.79 Å². The van der Waals surface area contributed by atoms with Crippen molar-refractivity contribution in [2.24, 2.45) is 0 Å². The van der Waals surface area contributed by atoms with Gasteiger partial charge in [0.25, 0.3) is 0 Å². The van der Waals surface area contributed by atoms with E-state index in [1.54, 1.807) is 4.90 Å². The molecule has 42 heavy (non-hydrogen) atoms. The van der Waals surface area contributed by atoms with Crippen molar-refractivity contribution in [2.45, 2.75) is 57.2 Å². The highest BCUT2D eigenvalue weighted by Crippen LogP contribution is 2.41. The normalized spacial score (nSPS) is 22.4. The van der Waals surface area contributed by atoms with Crippen LogP contribution in [0.1, 0.15) is 48.5 Å². The lowest BCUT2D eigenvalue weighted by atomic mass is 9.92. The summed E-state index contributed by atoms with van der Waals surface area (Å²) in [7, 11) is 2.12. The minimum absolute atomic E-state index is 0.146. The van der Waals surface area contributed by atoms with Crippen molar-refractivity contribution in [3.8, 4) is 18.0 Å². The third-order valence-electron chi connectivity index (χ3n) is 8.97. The van der Waals surface area contributed by atoms with E-state index in [2.05, 4.69) is 72.8 Å². The second-order valence-corrected chi connectivity index (χ2v) is 11.6. The third kappa shape index (κ3) is 5.39. The fourth-order valence-corrected chi connectivity index (χ4v) is 6.69. The molecule has 4 heterocycles. The molecule has 0 bridgehead atoms. The van der Waals surface area contributed by atoms with E-state index < -0.39 is 0 Å². The summed E-state index contributed by atoms with van der Waals surface area (Å²) in [6.07, 6.45) is 5.19. The van der Waals surface area contributed by atoms with Crippen molar-refractivity contribution in [3.63, 3.8) is 0 Å². The van der Waals surface area contributed by atoms with E-state index in [1.807, 2.05) is 0 Å². The number of carbonyl (C=O) groups is 1. The second kappa shape index (κ2) is 12.0. The largest absolute Gasteiger partial charge is 0.469 e. The zero-order chi connectivity index (χ0) is 29.2. The van der Waals surface area contributed by atoms with Gasteiger partial charge in [0.05, 0.1) is 24.1 Å². The lowest BCUT2D eigenvalue weighted by Gasteiger charge is -2.41. The highest BCUT2D eigenvalue weighted by molar-refractivity contribution is 5.89. The molecule has 2 unspecified atom stereocenters. The molecule has 1 amide bonds. The van der Waals surface area contributed by atoms with Crippen LogP contribution in [-0.4, -0.2) is 77.6 Å². The molecule has 9 nitrogen and oxygen atoms in total. The van der Waals surface area contributed by atoms with Crippen LogP contribution in [0, 0.1) is 18.3 Å². The predicted octanol–water partition coefficient (Wildman–Crippen LogP) is 4.59. The molecule has 2 fully saturated rings. The van der Waals surface area contributed by atoms with Gasteiger partial charge in [-0.25, -0.2) is 0 Å². The molecule has 0 spiro atoms. The highest BCUT2D eigenvalue weighted by Gasteiger charge is 2.35. The van der Waals surface area contributed by atoms with Gasteiger partial charge in [-0.15, -0.1) is 0 Å². The number of fused-ring (bicyclic) bond motifs is 2. The Morgan fingerprint density at radius 3 is 2.76 bits per heavy atom. The number of carbonyl (C=O) groups excluding carboxylic acids is 1. The van der Waals surface area contributed by atoms with Crippen LogP contribution >= 0.6 is 0 Å². The first-order valence-corrected chi connectivity index (χ1v) is 14.9. The first kappa shape index (κ1) is 28.0. The summed E-state index contributed by atoms with van der Waals surface area (Å²) in [5.41, 5.74) is 3.34. The van der Waals surface area contributed by atoms with Crippen molar-refractivity contribution < 1.29 is 14.3 Å².